The molecule has 1 atom stereocenters. The molecule has 0 bridgehead atoms. The third-order valence-corrected chi connectivity index (χ3v) is 4.67. The number of ether oxygens (including phenoxy) is 2. The van der Waals surface area contributed by atoms with Gasteiger partial charge in [0.25, 0.3) is 0 Å². The van der Waals surface area contributed by atoms with Crippen LogP contribution < -0.4 is 31.6 Å². The van der Waals surface area contributed by atoms with Gasteiger partial charge in [-0.3, -0.25) is 9.80 Å². The van der Waals surface area contributed by atoms with Crippen LogP contribution >= 0.6 is 0 Å². The van der Waals surface area contributed by atoms with Gasteiger partial charge in [0, 0.05) is 24.4 Å². The van der Waals surface area contributed by atoms with E-state index in [1.54, 1.807) is 7.05 Å². The highest BCUT2D eigenvalue weighted by Gasteiger charge is 2.25. The molecular formula is C23H29FN6O3. The van der Waals surface area contributed by atoms with Gasteiger partial charge in [-0.05, 0) is 43.5 Å². The molecule has 1 unspecified atom stereocenters. The first-order chi connectivity index (χ1) is 15.8. The van der Waals surface area contributed by atoms with Crippen LogP contribution in [0.5, 0.6) is 11.5 Å². The number of halogens is 1. The minimum absolute atomic E-state index is 0.0901. The molecule has 0 aliphatic heterocycles. The first kappa shape index (κ1) is 25.1. The summed E-state index contributed by atoms with van der Waals surface area (Å²) in [6.45, 7) is 1.95. The van der Waals surface area contributed by atoms with Gasteiger partial charge in [0.05, 0.1) is 14.2 Å². The quantitative estimate of drug-likeness (QED) is 0.142. The van der Waals surface area contributed by atoms with E-state index in [9.17, 15) is 4.79 Å². The number of carbonyl (C=O) groups is 1. The van der Waals surface area contributed by atoms with Crippen molar-refractivity contribution in [3.05, 3.63) is 77.5 Å². The summed E-state index contributed by atoms with van der Waals surface area (Å²) in [6, 6.07) is 9.25. The number of carbonyl (C=O) groups excluding carboxylic acids is 1. The monoisotopic (exact) mass is 456 g/mol. The number of methoxy groups -OCH3 is 2. The van der Waals surface area contributed by atoms with Crippen LogP contribution in [0.15, 0.2) is 65.7 Å². The Morgan fingerprint density at radius 1 is 1.18 bits per heavy atom. The summed E-state index contributed by atoms with van der Waals surface area (Å²) in [5, 5.41) is 11.5. The normalized spacial score (nSPS) is 12.9. The summed E-state index contributed by atoms with van der Waals surface area (Å²) in [5.41, 5.74) is 13.2. The van der Waals surface area contributed by atoms with Crippen LogP contribution in [0.4, 0.5) is 10.1 Å². The molecular weight excluding hydrogens is 427 g/mol. The van der Waals surface area contributed by atoms with Crippen molar-refractivity contribution in [3.63, 3.8) is 0 Å². The highest BCUT2D eigenvalue weighted by molar-refractivity contribution is 5.97. The fourth-order valence-electron chi connectivity index (χ4n) is 2.91. The van der Waals surface area contributed by atoms with Gasteiger partial charge in [0.15, 0.2) is 17.3 Å². The van der Waals surface area contributed by atoms with Gasteiger partial charge >= 0.3 is 0 Å². The molecule has 0 fully saturated rings. The number of hydrogen-bond donors (Lipinski definition) is 4. The zero-order valence-corrected chi connectivity index (χ0v) is 19.0. The third kappa shape index (κ3) is 6.63. The minimum Gasteiger partial charge on any atom is -0.493 e. The highest BCUT2D eigenvalue weighted by Crippen LogP contribution is 2.34. The average Bonchev–Trinajstić information content (AvgIpc) is 2.81. The van der Waals surface area contributed by atoms with Crippen molar-refractivity contribution in [3.8, 4) is 11.5 Å². The fourth-order valence-corrected chi connectivity index (χ4v) is 2.91. The Morgan fingerprint density at radius 3 is 2.39 bits per heavy atom. The summed E-state index contributed by atoms with van der Waals surface area (Å²) in [7, 11) is 4.45. The van der Waals surface area contributed by atoms with E-state index in [0.717, 1.165) is 5.56 Å². The van der Waals surface area contributed by atoms with Crippen LogP contribution in [0.3, 0.4) is 0 Å². The minimum atomic E-state index is -0.919. The molecule has 0 aromatic heterocycles. The number of nitrogens with zero attached hydrogens (tertiary/aromatic N) is 2. The van der Waals surface area contributed by atoms with E-state index >= 15 is 4.39 Å². The van der Waals surface area contributed by atoms with Gasteiger partial charge in [0.2, 0.25) is 6.41 Å². The topological polar surface area (TPSA) is 127 Å². The molecule has 33 heavy (non-hydrogen) atoms. The largest absolute Gasteiger partial charge is 0.493 e. The predicted molar refractivity (Wildman–Crippen MR) is 127 cm³/mol. The van der Waals surface area contributed by atoms with Crippen molar-refractivity contribution < 1.29 is 18.7 Å². The molecule has 10 heteroatoms. The number of aryl methyl sites for hydroxylation is 1. The predicted octanol–water partition coefficient (Wildman–Crippen LogP) is 2.57. The van der Waals surface area contributed by atoms with Gasteiger partial charge < -0.3 is 31.6 Å². The van der Waals surface area contributed by atoms with Gasteiger partial charge in [-0.15, -0.1) is 0 Å². The molecule has 2 aromatic carbocycles. The fraction of sp³-hybridized carbons (Fsp3) is 0.217. The van der Waals surface area contributed by atoms with Crippen LogP contribution in [-0.2, 0) is 4.79 Å². The lowest BCUT2D eigenvalue weighted by Gasteiger charge is -2.25. The maximum Gasteiger partial charge on any atom is 0.212 e. The Hall–Kier alpha value is -4.21. The molecule has 6 N–H and O–H groups in total. The van der Waals surface area contributed by atoms with Crippen LogP contribution in [0.25, 0.3) is 0 Å². The molecule has 2 aromatic rings. The van der Waals surface area contributed by atoms with E-state index in [1.165, 1.54) is 49.7 Å². The van der Waals surface area contributed by atoms with E-state index in [4.69, 9.17) is 20.9 Å². The molecule has 0 saturated carbocycles. The van der Waals surface area contributed by atoms with E-state index in [1.807, 2.05) is 31.2 Å². The number of amides is 1. The van der Waals surface area contributed by atoms with Crippen LogP contribution in [-0.4, -0.2) is 38.5 Å². The van der Waals surface area contributed by atoms with Crippen LogP contribution in [0.1, 0.15) is 17.2 Å². The summed E-state index contributed by atoms with van der Waals surface area (Å²) in [6.07, 6.45) is 4.83. The zero-order valence-electron chi connectivity index (χ0n) is 19.0. The molecule has 0 aliphatic carbocycles. The Balaban J connectivity index is 2.64. The zero-order chi connectivity index (χ0) is 24.4. The number of allylic oxidation sites excluding steroid dienone is 2. The van der Waals surface area contributed by atoms with E-state index in [0.29, 0.717) is 17.8 Å². The molecule has 0 aliphatic rings. The molecule has 9 nitrogen and oxygen atoms in total. The highest BCUT2D eigenvalue weighted by atomic mass is 19.1. The Bertz CT molecular complexity index is 1040. The lowest BCUT2D eigenvalue weighted by Crippen LogP contribution is -2.36. The summed E-state index contributed by atoms with van der Waals surface area (Å²) < 4.78 is 25.7. The Morgan fingerprint density at radius 2 is 1.82 bits per heavy atom. The van der Waals surface area contributed by atoms with Crippen molar-refractivity contribution in [1.82, 2.24) is 10.3 Å². The SMILES string of the molecule is COc1cc(F)c(C(Nc2ccc(C)cc2)/C(=N/N(C)/C(N)=C/C=C\N)NC=O)cc1OC. The van der Waals surface area contributed by atoms with Gasteiger partial charge in [-0.2, -0.15) is 5.10 Å². The van der Waals surface area contributed by atoms with Crippen molar-refractivity contribution >= 4 is 17.9 Å². The lowest BCUT2D eigenvalue weighted by molar-refractivity contribution is -0.108. The number of benzene rings is 2. The summed E-state index contributed by atoms with van der Waals surface area (Å²) >= 11 is 0. The van der Waals surface area contributed by atoms with Crippen molar-refractivity contribution in [2.45, 2.75) is 13.0 Å². The van der Waals surface area contributed by atoms with Crippen molar-refractivity contribution in [1.29, 1.82) is 0 Å². The van der Waals surface area contributed by atoms with E-state index in [2.05, 4.69) is 15.7 Å². The Labute approximate surface area is 192 Å². The number of hydrogen-bond acceptors (Lipinski definition) is 8. The number of amidine groups is 1. The standard InChI is InChI=1S/C23H29FN6O3/c1-15-7-9-16(10-8-15)28-22(17-12-19(32-3)20(33-4)13-18(17)24)23(27-14-31)29-30(2)21(26)6-5-11-25/h5-14,22,28H,25-26H2,1-4H3,(H,27,29,31)/b11-5-,21-6+. The third-order valence-electron chi connectivity index (χ3n) is 4.67. The van der Waals surface area contributed by atoms with Crippen molar-refractivity contribution in [2.75, 3.05) is 26.6 Å². The second-order valence-corrected chi connectivity index (χ2v) is 6.92. The number of hydrazone groups is 1. The van der Waals surface area contributed by atoms with Gasteiger partial charge in [0.1, 0.15) is 17.7 Å². The number of rotatable bonds is 10. The maximum atomic E-state index is 15.2. The molecule has 0 radical (unpaired) electrons. The molecule has 0 spiro atoms. The lowest BCUT2D eigenvalue weighted by atomic mass is 10.0. The molecule has 1 amide bonds. The van der Waals surface area contributed by atoms with Crippen LogP contribution in [0.2, 0.25) is 0 Å². The molecule has 2 rings (SSSR count). The average molecular weight is 457 g/mol. The number of anilines is 1. The van der Waals surface area contributed by atoms with Gasteiger partial charge in [-0.25, -0.2) is 4.39 Å². The van der Waals surface area contributed by atoms with E-state index in [-0.39, 0.29) is 23.0 Å². The second-order valence-electron chi connectivity index (χ2n) is 6.92. The number of nitrogens with two attached hydrogens (primary N) is 2. The van der Waals surface area contributed by atoms with Gasteiger partial charge in [-0.1, -0.05) is 17.7 Å². The maximum absolute atomic E-state index is 15.2. The van der Waals surface area contributed by atoms with E-state index < -0.39 is 11.9 Å². The number of nitrogens with one attached hydrogen (secondary N) is 2. The summed E-state index contributed by atoms with van der Waals surface area (Å²) in [5.74, 6) is 0.286. The molecule has 0 heterocycles. The second kappa shape index (κ2) is 12.0. The smallest absolute Gasteiger partial charge is 0.212 e. The Kier molecular flexibility index (Phi) is 9.10. The first-order valence-corrected chi connectivity index (χ1v) is 9.95. The molecule has 176 valence electrons. The summed E-state index contributed by atoms with van der Waals surface area (Å²) in [4.78, 5) is 11.4. The van der Waals surface area contributed by atoms with Crippen molar-refractivity contribution in [2.24, 2.45) is 16.6 Å². The molecule has 0 saturated heterocycles. The first-order valence-electron chi connectivity index (χ1n) is 9.95. The van der Waals surface area contributed by atoms with Crippen LogP contribution in [0, 0.1) is 12.7 Å².